The molecule has 1 aliphatic carbocycles. The van der Waals surface area contributed by atoms with Gasteiger partial charge in [0.2, 0.25) is 5.13 Å². The molecule has 0 N–H and O–H groups in total. The van der Waals surface area contributed by atoms with Crippen LogP contribution >= 0.6 is 23.3 Å². The highest BCUT2D eigenvalue weighted by Crippen LogP contribution is 2.40. The van der Waals surface area contributed by atoms with E-state index in [4.69, 9.17) is 0 Å². The zero-order chi connectivity index (χ0) is 11.9. The van der Waals surface area contributed by atoms with Gasteiger partial charge in [0.25, 0.3) is 0 Å². The Morgan fingerprint density at radius 3 is 2.61 bits per heavy atom. The quantitative estimate of drug-likeness (QED) is 0.842. The summed E-state index contributed by atoms with van der Waals surface area (Å²) in [6.45, 7) is 4.85. The second-order valence-corrected chi connectivity index (χ2v) is 7.37. The van der Waals surface area contributed by atoms with Crippen LogP contribution in [0.25, 0.3) is 0 Å². The Balaban J connectivity index is 1.34. The van der Waals surface area contributed by atoms with Crippen LogP contribution in [0.1, 0.15) is 24.6 Å². The lowest BCUT2D eigenvalue weighted by Crippen LogP contribution is -2.61. The molecule has 6 heteroatoms. The van der Waals surface area contributed by atoms with Gasteiger partial charge in [0.05, 0.1) is 0 Å². The van der Waals surface area contributed by atoms with E-state index in [0.29, 0.717) is 5.92 Å². The summed E-state index contributed by atoms with van der Waals surface area (Å²) in [7, 11) is 0. The number of anilines is 1. The van der Waals surface area contributed by atoms with Gasteiger partial charge in [0.1, 0.15) is 5.82 Å². The summed E-state index contributed by atoms with van der Waals surface area (Å²) in [6.07, 6.45) is 2.59. The summed E-state index contributed by atoms with van der Waals surface area (Å²) in [5.74, 6) is 4.40. The van der Waals surface area contributed by atoms with Crippen molar-refractivity contribution in [1.82, 2.24) is 14.3 Å². The second-order valence-electron chi connectivity index (χ2n) is 5.42. The van der Waals surface area contributed by atoms with Crippen LogP contribution in [0.3, 0.4) is 0 Å². The maximum atomic E-state index is 4.68. The van der Waals surface area contributed by atoms with Crippen molar-refractivity contribution in [3.63, 3.8) is 0 Å². The van der Waals surface area contributed by atoms with E-state index in [1.165, 1.54) is 37.4 Å². The van der Waals surface area contributed by atoms with E-state index in [1.807, 2.05) is 0 Å². The largest absolute Gasteiger partial charge is 0.344 e. The molecule has 4 rings (SSSR count). The fourth-order valence-electron chi connectivity index (χ4n) is 2.65. The van der Waals surface area contributed by atoms with Crippen molar-refractivity contribution in [3.05, 3.63) is 5.82 Å². The highest BCUT2D eigenvalue weighted by atomic mass is 32.2. The van der Waals surface area contributed by atoms with Crippen LogP contribution < -0.4 is 4.90 Å². The molecular weight excluding hydrogens is 264 g/mol. The number of nitrogens with zero attached hydrogens (tertiary/aromatic N) is 4. The van der Waals surface area contributed by atoms with Gasteiger partial charge in [-0.2, -0.15) is 16.1 Å². The molecule has 0 aromatic carbocycles. The molecule has 0 radical (unpaired) electrons. The minimum absolute atomic E-state index is 0.686. The van der Waals surface area contributed by atoms with Crippen LogP contribution in [-0.2, 0) is 0 Å². The zero-order valence-electron chi connectivity index (χ0n) is 10.4. The molecule has 2 aliphatic heterocycles. The number of thioether (sulfide) groups is 1. The maximum absolute atomic E-state index is 4.68. The Kier molecular flexibility index (Phi) is 2.97. The van der Waals surface area contributed by atoms with Crippen LogP contribution in [0, 0.1) is 0 Å². The number of rotatable bonds is 3. The Bertz CT molecular complexity index is 419. The fraction of sp³-hybridized carbons (Fsp3) is 0.833. The highest BCUT2D eigenvalue weighted by molar-refractivity contribution is 7.99. The molecule has 3 heterocycles. The summed E-state index contributed by atoms with van der Waals surface area (Å²) < 4.78 is 4.49. The smallest absolute Gasteiger partial charge is 0.205 e. The van der Waals surface area contributed by atoms with E-state index in [2.05, 4.69) is 30.9 Å². The minimum Gasteiger partial charge on any atom is -0.344 e. The Morgan fingerprint density at radius 1 is 1.11 bits per heavy atom. The van der Waals surface area contributed by atoms with Gasteiger partial charge < -0.3 is 4.90 Å². The second kappa shape index (κ2) is 4.65. The Morgan fingerprint density at radius 2 is 1.89 bits per heavy atom. The standard InChI is InChI=1S/C12H18N4S2/c1-2-9(1)11-13-12(18-14-11)16-7-10(8-16)15-3-5-17-6-4-15/h9-10H,1-8H2. The van der Waals surface area contributed by atoms with Crippen molar-refractivity contribution in [2.45, 2.75) is 24.8 Å². The van der Waals surface area contributed by atoms with E-state index >= 15 is 0 Å². The molecule has 0 amide bonds. The van der Waals surface area contributed by atoms with Gasteiger partial charge >= 0.3 is 0 Å². The molecule has 0 bridgehead atoms. The highest BCUT2D eigenvalue weighted by Gasteiger charge is 2.35. The summed E-state index contributed by atoms with van der Waals surface area (Å²) >= 11 is 3.68. The average molecular weight is 282 g/mol. The number of hydrogen-bond acceptors (Lipinski definition) is 6. The summed E-state index contributed by atoms with van der Waals surface area (Å²) in [5, 5.41) is 1.15. The molecule has 0 atom stereocenters. The summed E-state index contributed by atoms with van der Waals surface area (Å²) in [5.41, 5.74) is 0. The van der Waals surface area contributed by atoms with Gasteiger partial charge in [-0.1, -0.05) is 0 Å². The number of hydrogen-bond donors (Lipinski definition) is 0. The lowest BCUT2D eigenvalue weighted by atomic mass is 10.1. The normalized spacial score (nSPS) is 26.3. The van der Waals surface area contributed by atoms with E-state index in [9.17, 15) is 0 Å². The first-order valence-corrected chi connectivity index (χ1v) is 8.73. The first-order valence-electron chi connectivity index (χ1n) is 6.80. The van der Waals surface area contributed by atoms with E-state index in [0.717, 1.165) is 30.1 Å². The van der Waals surface area contributed by atoms with Crippen LogP contribution in [0.4, 0.5) is 5.13 Å². The van der Waals surface area contributed by atoms with E-state index in [-0.39, 0.29) is 0 Å². The number of aromatic nitrogens is 2. The fourth-order valence-corrected chi connectivity index (χ4v) is 4.34. The van der Waals surface area contributed by atoms with Gasteiger partial charge in [0, 0.05) is 61.2 Å². The molecule has 18 heavy (non-hydrogen) atoms. The van der Waals surface area contributed by atoms with Gasteiger partial charge in [-0.15, -0.1) is 0 Å². The van der Waals surface area contributed by atoms with Gasteiger partial charge in [0.15, 0.2) is 0 Å². The molecular formula is C12H18N4S2. The molecule has 98 valence electrons. The molecule has 2 saturated heterocycles. The maximum Gasteiger partial charge on any atom is 0.205 e. The molecule has 0 unspecified atom stereocenters. The summed E-state index contributed by atoms with van der Waals surface area (Å²) in [6, 6.07) is 0.763. The third-order valence-corrected chi connectivity index (χ3v) is 5.80. The molecule has 1 aromatic rings. The molecule has 4 nitrogen and oxygen atoms in total. The SMILES string of the molecule is C1CN(C2CN(c3nc(C4CC4)ns3)C2)CCS1. The van der Waals surface area contributed by atoms with Crippen molar-refractivity contribution in [3.8, 4) is 0 Å². The van der Waals surface area contributed by atoms with Crippen molar-refractivity contribution in [1.29, 1.82) is 0 Å². The van der Waals surface area contributed by atoms with Crippen molar-refractivity contribution in [2.75, 3.05) is 42.6 Å². The lowest BCUT2D eigenvalue weighted by Gasteiger charge is -2.46. The van der Waals surface area contributed by atoms with Crippen LogP contribution in [-0.4, -0.2) is 58.0 Å². The van der Waals surface area contributed by atoms with Crippen molar-refractivity contribution >= 4 is 28.4 Å². The Labute approximate surface area is 116 Å². The first kappa shape index (κ1) is 11.5. The first-order chi connectivity index (χ1) is 8.90. The predicted molar refractivity (Wildman–Crippen MR) is 76.8 cm³/mol. The van der Waals surface area contributed by atoms with Crippen LogP contribution in [0.5, 0.6) is 0 Å². The van der Waals surface area contributed by atoms with Crippen molar-refractivity contribution < 1.29 is 0 Å². The minimum atomic E-state index is 0.686. The predicted octanol–water partition coefficient (Wildman–Crippen LogP) is 1.65. The molecule has 1 aromatic heterocycles. The zero-order valence-corrected chi connectivity index (χ0v) is 12.0. The third-order valence-electron chi connectivity index (χ3n) is 4.07. The van der Waals surface area contributed by atoms with Gasteiger partial charge in [-0.3, -0.25) is 4.90 Å². The van der Waals surface area contributed by atoms with Gasteiger partial charge in [-0.05, 0) is 12.8 Å². The average Bonchev–Trinajstić information content (AvgIpc) is 3.09. The molecule has 0 spiro atoms. The monoisotopic (exact) mass is 282 g/mol. The summed E-state index contributed by atoms with van der Waals surface area (Å²) in [4.78, 5) is 9.73. The molecule has 1 saturated carbocycles. The van der Waals surface area contributed by atoms with Crippen LogP contribution in [0.15, 0.2) is 0 Å². The van der Waals surface area contributed by atoms with E-state index < -0.39 is 0 Å². The van der Waals surface area contributed by atoms with E-state index in [1.54, 1.807) is 11.5 Å². The van der Waals surface area contributed by atoms with Gasteiger partial charge in [-0.25, -0.2) is 4.98 Å². The van der Waals surface area contributed by atoms with Crippen molar-refractivity contribution in [2.24, 2.45) is 0 Å². The topological polar surface area (TPSA) is 32.3 Å². The lowest BCUT2D eigenvalue weighted by molar-refractivity contribution is 0.183. The third kappa shape index (κ3) is 2.14. The molecule has 3 fully saturated rings. The molecule has 3 aliphatic rings. The Hall–Kier alpha value is -0.330. The van der Waals surface area contributed by atoms with Crippen LogP contribution in [0.2, 0.25) is 0 Å².